The summed E-state index contributed by atoms with van der Waals surface area (Å²) in [6.07, 6.45) is 14.0. The maximum Gasteiger partial charge on any atom is 0.326 e. The van der Waals surface area contributed by atoms with Crippen LogP contribution < -0.4 is 0 Å². The predicted molar refractivity (Wildman–Crippen MR) is 157 cm³/mol. The van der Waals surface area contributed by atoms with Crippen LogP contribution >= 0.6 is 0 Å². The van der Waals surface area contributed by atoms with Crippen molar-refractivity contribution >= 4 is 11.9 Å². The highest BCUT2D eigenvalue weighted by Gasteiger charge is 2.69. The molecule has 1 amide bonds. The number of allylic oxidation sites excluding steroid dienone is 2. The average Bonchev–Trinajstić information content (AvgIpc) is 3.37. The van der Waals surface area contributed by atoms with Crippen LogP contribution in [0.3, 0.4) is 0 Å². The Morgan fingerprint density at radius 3 is 2.27 bits per heavy atom. The molecule has 6 aliphatic rings. The van der Waals surface area contributed by atoms with Gasteiger partial charge in [0.2, 0.25) is 5.91 Å². The molecule has 1 aliphatic heterocycles. The van der Waals surface area contributed by atoms with E-state index in [-0.39, 0.29) is 45.0 Å². The molecule has 5 aliphatic carbocycles. The van der Waals surface area contributed by atoms with Crippen LogP contribution in [0.2, 0.25) is 0 Å². The molecule has 2 N–H and O–H groups in total. The van der Waals surface area contributed by atoms with Gasteiger partial charge in [-0.2, -0.15) is 0 Å². The van der Waals surface area contributed by atoms with Gasteiger partial charge >= 0.3 is 5.97 Å². The SMILES string of the molecule is CC1(C)CC[C@]2(C(=O)N3CCCC3C(=O)O)CC[C@]3(C)C(=CC[C@@H]4[C@@]5(C)CC[C@H](O)C(C)(C)C5CC[C@]43C)[C@@H]2C1. The summed E-state index contributed by atoms with van der Waals surface area (Å²) in [5.41, 5.74) is 1.62. The van der Waals surface area contributed by atoms with Crippen LogP contribution in [0.5, 0.6) is 0 Å². The van der Waals surface area contributed by atoms with E-state index in [1.165, 1.54) is 12.8 Å². The minimum atomic E-state index is -0.839. The number of carbonyl (C=O) groups is 2. The number of aliphatic hydroxyl groups excluding tert-OH is 1. The number of hydrogen-bond donors (Lipinski definition) is 2. The van der Waals surface area contributed by atoms with Gasteiger partial charge in [-0.05, 0) is 122 Å². The van der Waals surface area contributed by atoms with Crippen LogP contribution in [-0.2, 0) is 9.59 Å². The molecule has 0 aromatic carbocycles. The van der Waals surface area contributed by atoms with Crippen molar-refractivity contribution in [2.75, 3.05) is 6.54 Å². The molecule has 0 aromatic rings. The van der Waals surface area contributed by atoms with Crippen LogP contribution in [0.4, 0.5) is 0 Å². The van der Waals surface area contributed by atoms with Gasteiger partial charge in [0.05, 0.1) is 11.5 Å². The zero-order valence-corrected chi connectivity index (χ0v) is 26.3. The summed E-state index contributed by atoms with van der Waals surface area (Å²) in [4.78, 5) is 28.5. The number of carboxylic acid groups (broad SMARTS) is 1. The standard InChI is InChI=1S/C35H55NO4/c1-30(2)16-18-35(29(40)36-20-8-9-24(36)28(38)39)19-17-33(6)22(23(35)21-30)10-11-26-32(5)14-13-27(37)31(3,4)25(32)12-15-34(26,33)7/h10,23-27,37H,8-9,11-21H2,1-7H3,(H,38,39)/t23-,24?,25?,26+,27-,32-,33+,34+,35-/m0/s1. The van der Waals surface area contributed by atoms with Gasteiger partial charge in [-0.1, -0.05) is 60.1 Å². The van der Waals surface area contributed by atoms with Gasteiger partial charge in [0.25, 0.3) is 0 Å². The van der Waals surface area contributed by atoms with Crippen LogP contribution in [0.1, 0.15) is 126 Å². The highest BCUT2D eigenvalue weighted by molar-refractivity contribution is 5.89. The van der Waals surface area contributed by atoms with Gasteiger partial charge in [-0.15, -0.1) is 0 Å². The number of amides is 1. The monoisotopic (exact) mass is 553 g/mol. The summed E-state index contributed by atoms with van der Waals surface area (Å²) < 4.78 is 0. The van der Waals surface area contributed by atoms with E-state index < -0.39 is 17.4 Å². The Bertz CT molecular complexity index is 1120. The zero-order chi connectivity index (χ0) is 29.1. The molecule has 6 rings (SSSR count). The first-order valence-corrected chi connectivity index (χ1v) is 16.5. The molecule has 5 fully saturated rings. The lowest BCUT2D eigenvalue weighted by Gasteiger charge is -2.71. The van der Waals surface area contributed by atoms with Crippen molar-refractivity contribution in [3.8, 4) is 0 Å². The van der Waals surface area contributed by atoms with Crippen LogP contribution in [-0.4, -0.2) is 45.7 Å². The van der Waals surface area contributed by atoms with E-state index in [0.717, 1.165) is 57.8 Å². The van der Waals surface area contributed by atoms with E-state index in [1.54, 1.807) is 10.5 Å². The Balaban J connectivity index is 1.42. The summed E-state index contributed by atoms with van der Waals surface area (Å²) in [7, 11) is 0. The number of aliphatic hydroxyl groups is 1. The molecule has 0 aromatic heterocycles. The number of carboxylic acids is 1. The molecule has 9 atom stereocenters. The fourth-order valence-electron chi connectivity index (χ4n) is 12.2. The Hall–Kier alpha value is -1.36. The van der Waals surface area contributed by atoms with Crippen LogP contribution in [0, 0.1) is 50.2 Å². The lowest BCUT2D eigenvalue weighted by atomic mass is 9.33. The largest absolute Gasteiger partial charge is 0.480 e. The Kier molecular flexibility index (Phi) is 6.35. The topological polar surface area (TPSA) is 77.8 Å². The Morgan fingerprint density at radius 1 is 0.875 bits per heavy atom. The molecule has 0 bridgehead atoms. The lowest BCUT2D eigenvalue weighted by Crippen LogP contribution is -2.65. The summed E-state index contributed by atoms with van der Waals surface area (Å²) in [6, 6.07) is -0.659. The molecule has 2 unspecified atom stereocenters. The van der Waals surface area contributed by atoms with Gasteiger partial charge in [-0.25, -0.2) is 4.79 Å². The van der Waals surface area contributed by atoms with Gasteiger partial charge in [0, 0.05) is 6.54 Å². The quantitative estimate of drug-likeness (QED) is 0.354. The second kappa shape index (κ2) is 8.83. The third-order valence-electron chi connectivity index (χ3n) is 14.8. The molecular weight excluding hydrogens is 498 g/mol. The fraction of sp³-hybridized carbons (Fsp3) is 0.886. The number of aliphatic carboxylic acids is 1. The highest BCUT2D eigenvalue weighted by atomic mass is 16.4. The van der Waals surface area contributed by atoms with Crippen molar-refractivity contribution in [2.24, 2.45) is 50.2 Å². The molecule has 224 valence electrons. The molecule has 4 saturated carbocycles. The van der Waals surface area contributed by atoms with Gasteiger partial charge in [0.1, 0.15) is 6.04 Å². The molecule has 5 heteroatoms. The lowest BCUT2D eigenvalue weighted by molar-refractivity contribution is -0.204. The number of hydrogen-bond acceptors (Lipinski definition) is 3. The normalized spacial score (nSPS) is 49.1. The number of carbonyl (C=O) groups excluding carboxylic acids is 1. The second-order valence-electron chi connectivity index (χ2n) is 17.2. The van der Waals surface area contributed by atoms with Gasteiger partial charge in [-0.3, -0.25) is 4.79 Å². The zero-order valence-electron chi connectivity index (χ0n) is 26.3. The molecule has 0 radical (unpaired) electrons. The molecule has 0 spiro atoms. The Labute approximate surface area is 242 Å². The number of nitrogens with zero attached hydrogens (tertiary/aromatic N) is 1. The molecule has 1 saturated heterocycles. The smallest absolute Gasteiger partial charge is 0.326 e. The van der Waals surface area contributed by atoms with E-state index >= 15 is 0 Å². The molecule has 40 heavy (non-hydrogen) atoms. The van der Waals surface area contributed by atoms with Crippen molar-refractivity contribution in [3.05, 3.63) is 11.6 Å². The number of likely N-dealkylation sites (tertiary alicyclic amines) is 1. The van der Waals surface area contributed by atoms with Crippen molar-refractivity contribution < 1.29 is 19.8 Å². The first-order valence-electron chi connectivity index (χ1n) is 16.5. The van der Waals surface area contributed by atoms with Crippen molar-refractivity contribution in [1.29, 1.82) is 0 Å². The van der Waals surface area contributed by atoms with Gasteiger partial charge in [0.15, 0.2) is 0 Å². The summed E-state index contributed by atoms with van der Waals surface area (Å²) >= 11 is 0. The second-order valence-corrected chi connectivity index (χ2v) is 17.2. The van der Waals surface area contributed by atoms with Crippen molar-refractivity contribution in [2.45, 2.75) is 138 Å². The molecule has 5 nitrogen and oxygen atoms in total. The Morgan fingerprint density at radius 2 is 1.57 bits per heavy atom. The maximum atomic E-state index is 14.6. The van der Waals surface area contributed by atoms with E-state index in [9.17, 15) is 19.8 Å². The van der Waals surface area contributed by atoms with E-state index in [1.807, 2.05) is 0 Å². The van der Waals surface area contributed by atoms with Crippen molar-refractivity contribution in [3.63, 3.8) is 0 Å². The summed E-state index contributed by atoms with van der Waals surface area (Å²) in [5, 5.41) is 21.0. The molecular formula is C35H55NO4. The van der Waals surface area contributed by atoms with E-state index in [2.05, 4.69) is 54.5 Å². The predicted octanol–water partition coefficient (Wildman–Crippen LogP) is 7.22. The first-order chi connectivity index (χ1) is 18.5. The average molecular weight is 554 g/mol. The minimum Gasteiger partial charge on any atom is -0.480 e. The third kappa shape index (κ3) is 3.60. The first kappa shape index (κ1) is 28.7. The van der Waals surface area contributed by atoms with Crippen LogP contribution in [0.25, 0.3) is 0 Å². The van der Waals surface area contributed by atoms with Crippen molar-refractivity contribution in [1.82, 2.24) is 4.90 Å². The van der Waals surface area contributed by atoms with E-state index in [0.29, 0.717) is 24.8 Å². The summed E-state index contributed by atoms with van der Waals surface area (Å²) in [6.45, 7) is 17.6. The third-order valence-corrected chi connectivity index (χ3v) is 14.8. The highest BCUT2D eigenvalue weighted by Crippen LogP contribution is 2.76. The van der Waals surface area contributed by atoms with Crippen LogP contribution in [0.15, 0.2) is 11.6 Å². The molecule has 1 heterocycles. The number of rotatable bonds is 2. The maximum absolute atomic E-state index is 14.6. The minimum absolute atomic E-state index is 0.0448. The van der Waals surface area contributed by atoms with E-state index in [4.69, 9.17) is 0 Å². The fourth-order valence-corrected chi connectivity index (χ4v) is 12.2. The summed E-state index contributed by atoms with van der Waals surface area (Å²) in [5.74, 6) is 0.612. The van der Waals surface area contributed by atoms with Gasteiger partial charge < -0.3 is 15.1 Å². The number of fused-ring (bicyclic) bond motifs is 7.